The summed E-state index contributed by atoms with van der Waals surface area (Å²) in [5.41, 5.74) is -0.229. The van der Waals surface area contributed by atoms with E-state index in [2.05, 4.69) is 0 Å². The third kappa shape index (κ3) is 1.80. The molecule has 0 radical (unpaired) electrons. The number of phenols is 2. The molecule has 110 valence electrons. The molecule has 0 amide bonds. The Morgan fingerprint density at radius 1 is 1.10 bits per heavy atom. The summed E-state index contributed by atoms with van der Waals surface area (Å²) in [5, 5.41) is 40.3. The summed E-state index contributed by atoms with van der Waals surface area (Å²) in [6.07, 6.45) is -0.990. The van der Waals surface area contributed by atoms with E-state index in [-0.39, 0.29) is 40.7 Å². The van der Waals surface area contributed by atoms with Gasteiger partial charge in [-0.1, -0.05) is 0 Å². The van der Waals surface area contributed by atoms with Gasteiger partial charge in [0.15, 0.2) is 11.6 Å². The van der Waals surface area contributed by atoms with Gasteiger partial charge in [-0.2, -0.15) is 0 Å². The standard InChI is InChI=1S/C15H14O6/c1-5-2-8(17)11-12(13(5)19)14(20)7-3-6(16)4-9(18)10(7)15(11)21/h2,6,9,16,18,20-21H,3-4H2,1H3. The van der Waals surface area contributed by atoms with Crippen molar-refractivity contribution >= 4 is 11.6 Å². The van der Waals surface area contributed by atoms with Crippen molar-refractivity contribution in [2.24, 2.45) is 0 Å². The molecule has 0 spiro atoms. The zero-order chi connectivity index (χ0) is 15.5. The summed E-state index contributed by atoms with van der Waals surface area (Å²) < 4.78 is 0. The number of allylic oxidation sites excluding steroid dienone is 2. The van der Waals surface area contributed by atoms with Crippen molar-refractivity contribution in [3.05, 3.63) is 33.9 Å². The molecule has 1 aromatic carbocycles. The number of aromatic hydroxyl groups is 2. The number of rotatable bonds is 0. The fourth-order valence-electron chi connectivity index (χ4n) is 3.05. The van der Waals surface area contributed by atoms with Gasteiger partial charge in [0.1, 0.15) is 11.5 Å². The first-order valence-corrected chi connectivity index (χ1v) is 6.57. The number of ketones is 2. The Morgan fingerprint density at radius 2 is 1.76 bits per heavy atom. The van der Waals surface area contributed by atoms with Crippen LogP contribution in [0.25, 0.3) is 0 Å². The molecule has 0 heterocycles. The van der Waals surface area contributed by atoms with Crippen LogP contribution in [0.5, 0.6) is 11.5 Å². The van der Waals surface area contributed by atoms with Crippen LogP contribution in [-0.4, -0.2) is 38.1 Å². The summed E-state index contributed by atoms with van der Waals surface area (Å²) in [7, 11) is 0. The Hall–Kier alpha value is -2.18. The molecular weight excluding hydrogens is 276 g/mol. The van der Waals surface area contributed by atoms with Crippen LogP contribution in [0.4, 0.5) is 0 Å². The fourth-order valence-corrected chi connectivity index (χ4v) is 3.05. The average molecular weight is 290 g/mol. The molecule has 0 saturated heterocycles. The van der Waals surface area contributed by atoms with Crippen molar-refractivity contribution in [3.63, 3.8) is 0 Å². The van der Waals surface area contributed by atoms with E-state index in [4.69, 9.17) is 0 Å². The van der Waals surface area contributed by atoms with E-state index in [0.29, 0.717) is 0 Å². The van der Waals surface area contributed by atoms with Crippen LogP contribution in [0.3, 0.4) is 0 Å². The molecule has 0 bridgehead atoms. The molecule has 6 heteroatoms. The van der Waals surface area contributed by atoms with Gasteiger partial charge in [0.25, 0.3) is 0 Å². The number of aliphatic hydroxyl groups excluding tert-OH is 2. The highest BCUT2D eigenvalue weighted by molar-refractivity contribution is 6.26. The third-order valence-electron chi connectivity index (χ3n) is 4.04. The van der Waals surface area contributed by atoms with E-state index in [1.807, 2.05) is 0 Å². The molecule has 0 saturated carbocycles. The summed E-state index contributed by atoms with van der Waals surface area (Å²) in [5.74, 6) is -2.06. The first-order valence-electron chi connectivity index (χ1n) is 6.57. The molecule has 4 N–H and O–H groups in total. The second-order valence-corrected chi connectivity index (χ2v) is 5.47. The van der Waals surface area contributed by atoms with Crippen LogP contribution in [0.2, 0.25) is 0 Å². The van der Waals surface area contributed by atoms with Gasteiger partial charge in [0, 0.05) is 29.5 Å². The van der Waals surface area contributed by atoms with Gasteiger partial charge in [0.05, 0.1) is 23.3 Å². The maximum atomic E-state index is 12.2. The predicted molar refractivity (Wildman–Crippen MR) is 71.5 cm³/mol. The van der Waals surface area contributed by atoms with E-state index in [1.165, 1.54) is 6.92 Å². The van der Waals surface area contributed by atoms with Crippen molar-refractivity contribution in [1.82, 2.24) is 0 Å². The molecule has 2 aliphatic rings. The topological polar surface area (TPSA) is 115 Å². The van der Waals surface area contributed by atoms with Crippen LogP contribution < -0.4 is 0 Å². The van der Waals surface area contributed by atoms with Crippen molar-refractivity contribution in [2.45, 2.75) is 32.0 Å². The van der Waals surface area contributed by atoms with E-state index in [0.717, 1.165) is 6.08 Å². The lowest BCUT2D eigenvalue weighted by Crippen LogP contribution is -2.26. The Balaban J connectivity index is 2.38. The molecule has 3 rings (SSSR count). The summed E-state index contributed by atoms with van der Waals surface area (Å²) >= 11 is 0. The fraction of sp³-hybridized carbons (Fsp3) is 0.333. The number of fused-ring (bicyclic) bond motifs is 2. The quantitative estimate of drug-likeness (QED) is 0.524. The van der Waals surface area contributed by atoms with Crippen LogP contribution in [0, 0.1) is 0 Å². The van der Waals surface area contributed by atoms with Crippen molar-refractivity contribution in [2.75, 3.05) is 0 Å². The number of phenolic OH excluding ortho intramolecular Hbond substituents is 2. The third-order valence-corrected chi connectivity index (χ3v) is 4.04. The first kappa shape index (κ1) is 13.8. The second kappa shape index (κ2) is 4.41. The average Bonchev–Trinajstić information content (AvgIpc) is 2.39. The number of benzene rings is 1. The lowest BCUT2D eigenvalue weighted by atomic mass is 9.79. The smallest absolute Gasteiger partial charge is 0.193 e. The van der Waals surface area contributed by atoms with E-state index in [9.17, 15) is 30.0 Å². The van der Waals surface area contributed by atoms with Crippen LogP contribution >= 0.6 is 0 Å². The lowest BCUT2D eigenvalue weighted by molar-refractivity contribution is 0.0653. The van der Waals surface area contributed by atoms with Crippen molar-refractivity contribution in [3.8, 4) is 11.5 Å². The SMILES string of the molecule is CC1=CC(=O)c2c(O)c3c(c(O)c2C1=O)CC(O)CC3O. The minimum Gasteiger partial charge on any atom is -0.507 e. The second-order valence-electron chi connectivity index (χ2n) is 5.47. The zero-order valence-corrected chi connectivity index (χ0v) is 11.3. The highest BCUT2D eigenvalue weighted by atomic mass is 16.3. The maximum absolute atomic E-state index is 12.2. The highest BCUT2D eigenvalue weighted by Crippen LogP contribution is 2.47. The lowest BCUT2D eigenvalue weighted by Gasteiger charge is -2.29. The van der Waals surface area contributed by atoms with Crippen molar-refractivity contribution < 1.29 is 30.0 Å². The zero-order valence-electron chi connectivity index (χ0n) is 11.3. The predicted octanol–water partition coefficient (Wildman–Crippen LogP) is 0.764. The Labute approximate surface area is 120 Å². The van der Waals surface area contributed by atoms with Crippen LogP contribution in [0.15, 0.2) is 11.6 Å². The number of Topliss-reactive ketones (excluding diaryl/α,β-unsaturated/α-hetero) is 1. The van der Waals surface area contributed by atoms with Gasteiger partial charge < -0.3 is 20.4 Å². The van der Waals surface area contributed by atoms with E-state index in [1.54, 1.807) is 0 Å². The largest absolute Gasteiger partial charge is 0.507 e. The van der Waals surface area contributed by atoms with E-state index < -0.39 is 35.3 Å². The molecule has 0 fully saturated rings. The Kier molecular flexibility index (Phi) is 2.89. The molecule has 6 nitrogen and oxygen atoms in total. The first-order chi connectivity index (χ1) is 9.82. The molecule has 0 aromatic heterocycles. The molecule has 21 heavy (non-hydrogen) atoms. The number of carbonyl (C=O) groups is 2. The number of aliphatic hydroxyl groups is 2. The normalized spacial score (nSPS) is 24.4. The molecule has 2 atom stereocenters. The van der Waals surface area contributed by atoms with Gasteiger partial charge in [-0.15, -0.1) is 0 Å². The van der Waals surface area contributed by atoms with Gasteiger partial charge >= 0.3 is 0 Å². The molecule has 2 unspecified atom stereocenters. The molecule has 1 aromatic rings. The van der Waals surface area contributed by atoms with Crippen LogP contribution in [-0.2, 0) is 6.42 Å². The van der Waals surface area contributed by atoms with Crippen LogP contribution in [0.1, 0.15) is 51.3 Å². The summed E-state index contributed by atoms with van der Waals surface area (Å²) in [4.78, 5) is 24.2. The van der Waals surface area contributed by atoms with Crippen molar-refractivity contribution in [1.29, 1.82) is 0 Å². The number of hydrogen-bond donors (Lipinski definition) is 4. The summed E-state index contributed by atoms with van der Waals surface area (Å²) in [6, 6.07) is 0. The molecular formula is C15H14O6. The monoisotopic (exact) mass is 290 g/mol. The highest BCUT2D eigenvalue weighted by Gasteiger charge is 2.38. The Morgan fingerprint density at radius 3 is 2.43 bits per heavy atom. The van der Waals surface area contributed by atoms with E-state index >= 15 is 0 Å². The minimum atomic E-state index is -1.20. The molecule has 0 aliphatic heterocycles. The molecule has 2 aliphatic carbocycles. The van der Waals surface area contributed by atoms with Gasteiger partial charge in [-0.05, 0) is 13.0 Å². The van der Waals surface area contributed by atoms with Gasteiger partial charge in [-0.25, -0.2) is 0 Å². The minimum absolute atomic E-state index is 0.00327. The number of hydrogen-bond acceptors (Lipinski definition) is 6. The maximum Gasteiger partial charge on any atom is 0.193 e. The van der Waals surface area contributed by atoms with Gasteiger partial charge in [-0.3, -0.25) is 9.59 Å². The van der Waals surface area contributed by atoms with Gasteiger partial charge in [0.2, 0.25) is 0 Å². The summed E-state index contributed by atoms with van der Waals surface area (Å²) in [6.45, 7) is 1.45. The number of carbonyl (C=O) groups excluding carboxylic acids is 2. The Bertz CT molecular complexity index is 716.